The number of imide groups is 2. The van der Waals surface area contributed by atoms with Crippen LogP contribution in [0.5, 0.6) is 0 Å². The summed E-state index contributed by atoms with van der Waals surface area (Å²) in [7, 11) is 0. The van der Waals surface area contributed by atoms with E-state index in [0.717, 1.165) is 37.0 Å². The lowest BCUT2D eigenvalue weighted by molar-refractivity contribution is -0.145. The van der Waals surface area contributed by atoms with Gasteiger partial charge >= 0.3 is 6.03 Å². The molecule has 1 N–H and O–H groups in total. The SMILES string of the molecule is CC1(CN2C(=O)NC(=O)C(F)C2=O)CCCCC1. The zero-order valence-electron chi connectivity index (χ0n) is 10.4. The summed E-state index contributed by atoms with van der Waals surface area (Å²) in [5.74, 6) is -2.19. The minimum absolute atomic E-state index is 0.161. The maximum Gasteiger partial charge on any atom is 0.330 e. The van der Waals surface area contributed by atoms with Gasteiger partial charge in [0.25, 0.3) is 18.0 Å². The monoisotopic (exact) mass is 256 g/mol. The van der Waals surface area contributed by atoms with Crippen molar-refractivity contribution in [1.82, 2.24) is 10.2 Å². The van der Waals surface area contributed by atoms with Crippen LogP contribution in [0.4, 0.5) is 9.18 Å². The van der Waals surface area contributed by atoms with Gasteiger partial charge in [0, 0.05) is 6.54 Å². The Bertz CT molecular complexity index is 391. The topological polar surface area (TPSA) is 66.5 Å². The fraction of sp³-hybridized carbons (Fsp3) is 0.750. The highest BCUT2D eigenvalue weighted by atomic mass is 19.1. The smallest absolute Gasteiger partial charge is 0.275 e. The normalized spacial score (nSPS) is 28.2. The standard InChI is InChI=1S/C12H17FN2O3/c1-12(5-3-2-4-6-12)7-15-10(17)8(13)9(16)14-11(15)18/h8H,2-7H2,1H3,(H,14,16,18). The largest absolute Gasteiger partial charge is 0.330 e. The summed E-state index contributed by atoms with van der Waals surface area (Å²) in [5.41, 5.74) is -0.161. The molecule has 1 aliphatic carbocycles. The van der Waals surface area contributed by atoms with Gasteiger partial charge in [-0.3, -0.25) is 19.8 Å². The van der Waals surface area contributed by atoms with E-state index in [4.69, 9.17) is 0 Å². The van der Waals surface area contributed by atoms with E-state index < -0.39 is 24.0 Å². The predicted octanol–water partition coefficient (Wildman–Crippen LogP) is 1.37. The molecule has 2 rings (SSSR count). The van der Waals surface area contributed by atoms with Crippen LogP contribution < -0.4 is 5.32 Å². The molecule has 0 bridgehead atoms. The highest BCUT2D eigenvalue weighted by Gasteiger charge is 2.43. The number of nitrogens with one attached hydrogen (secondary N) is 1. The van der Waals surface area contributed by atoms with Crippen molar-refractivity contribution in [2.24, 2.45) is 5.41 Å². The summed E-state index contributed by atoms with van der Waals surface area (Å²) in [6, 6.07) is -0.800. The number of rotatable bonds is 2. The molecule has 0 spiro atoms. The first-order valence-corrected chi connectivity index (χ1v) is 6.23. The minimum atomic E-state index is -2.25. The van der Waals surface area contributed by atoms with Crippen LogP contribution in [-0.2, 0) is 9.59 Å². The van der Waals surface area contributed by atoms with Crippen molar-refractivity contribution in [3.63, 3.8) is 0 Å². The third-order valence-electron chi connectivity index (χ3n) is 3.79. The minimum Gasteiger partial charge on any atom is -0.275 e. The second-order valence-corrected chi connectivity index (χ2v) is 5.45. The molecule has 1 heterocycles. The number of nitrogens with zero attached hydrogens (tertiary/aromatic N) is 1. The van der Waals surface area contributed by atoms with E-state index in [2.05, 4.69) is 0 Å². The lowest BCUT2D eigenvalue weighted by atomic mass is 9.75. The van der Waals surface area contributed by atoms with E-state index in [1.807, 2.05) is 12.2 Å². The Labute approximate surface area is 105 Å². The summed E-state index contributed by atoms with van der Waals surface area (Å²) >= 11 is 0. The van der Waals surface area contributed by atoms with Crippen LogP contribution in [0.15, 0.2) is 0 Å². The third-order valence-corrected chi connectivity index (χ3v) is 3.79. The van der Waals surface area contributed by atoms with Crippen LogP contribution >= 0.6 is 0 Å². The van der Waals surface area contributed by atoms with Crippen molar-refractivity contribution in [3.8, 4) is 0 Å². The Hall–Kier alpha value is -1.46. The first kappa shape index (κ1) is 13.0. The van der Waals surface area contributed by atoms with Crippen LogP contribution in [0.25, 0.3) is 0 Å². The van der Waals surface area contributed by atoms with Crippen molar-refractivity contribution in [1.29, 1.82) is 0 Å². The number of halogens is 1. The number of carbonyl (C=O) groups excluding carboxylic acids is 3. The van der Waals surface area contributed by atoms with Gasteiger partial charge in [-0.05, 0) is 18.3 Å². The summed E-state index contributed by atoms with van der Waals surface area (Å²) in [5, 5.41) is 1.87. The van der Waals surface area contributed by atoms with Crippen molar-refractivity contribution < 1.29 is 18.8 Å². The Morgan fingerprint density at radius 3 is 2.50 bits per heavy atom. The van der Waals surface area contributed by atoms with E-state index in [1.54, 1.807) is 0 Å². The predicted molar refractivity (Wildman–Crippen MR) is 61.3 cm³/mol. The van der Waals surface area contributed by atoms with Crippen molar-refractivity contribution in [2.45, 2.75) is 45.2 Å². The van der Waals surface area contributed by atoms with E-state index in [0.29, 0.717) is 0 Å². The molecule has 5 nitrogen and oxygen atoms in total. The second-order valence-electron chi connectivity index (χ2n) is 5.45. The van der Waals surface area contributed by atoms with Gasteiger partial charge in [-0.25, -0.2) is 9.18 Å². The summed E-state index contributed by atoms with van der Waals surface area (Å²) in [6.07, 6.45) is 2.83. The lowest BCUT2D eigenvalue weighted by Gasteiger charge is -2.38. The molecule has 4 amide bonds. The second kappa shape index (κ2) is 4.66. The van der Waals surface area contributed by atoms with Gasteiger partial charge in [0.2, 0.25) is 0 Å². The van der Waals surface area contributed by atoms with Gasteiger partial charge in [-0.2, -0.15) is 0 Å². The maximum atomic E-state index is 13.3. The van der Waals surface area contributed by atoms with Crippen molar-refractivity contribution in [3.05, 3.63) is 0 Å². The molecule has 1 saturated carbocycles. The van der Waals surface area contributed by atoms with Gasteiger partial charge in [-0.15, -0.1) is 0 Å². The van der Waals surface area contributed by atoms with Crippen LogP contribution in [0.2, 0.25) is 0 Å². The first-order valence-electron chi connectivity index (χ1n) is 6.23. The molecule has 1 saturated heterocycles. The zero-order chi connectivity index (χ0) is 13.3. The number of carbonyl (C=O) groups is 3. The molecule has 1 unspecified atom stereocenters. The molecule has 18 heavy (non-hydrogen) atoms. The molecule has 1 aliphatic heterocycles. The fourth-order valence-electron chi connectivity index (χ4n) is 2.68. The molecule has 0 aromatic carbocycles. The van der Waals surface area contributed by atoms with Gasteiger partial charge < -0.3 is 0 Å². The third kappa shape index (κ3) is 2.37. The molecule has 0 radical (unpaired) electrons. The Kier molecular flexibility index (Phi) is 3.36. The quantitative estimate of drug-likeness (QED) is 0.759. The van der Waals surface area contributed by atoms with Crippen LogP contribution in [0.1, 0.15) is 39.0 Å². The lowest BCUT2D eigenvalue weighted by Crippen LogP contribution is -2.61. The Balaban J connectivity index is 2.09. The first-order chi connectivity index (χ1) is 8.43. The van der Waals surface area contributed by atoms with Gasteiger partial charge in [0.05, 0.1) is 0 Å². The number of amides is 4. The highest BCUT2D eigenvalue weighted by molar-refractivity contribution is 6.18. The molecular formula is C12H17FN2O3. The van der Waals surface area contributed by atoms with Gasteiger partial charge in [0.1, 0.15) is 0 Å². The summed E-state index contributed by atoms with van der Waals surface area (Å²) < 4.78 is 13.3. The molecule has 2 fully saturated rings. The highest BCUT2D eigenvalue weighted by Crippen LogP contribution is 2.36. The maximum absolute atomic E-state index is 13.3. The fourth-order valence-corrected chi connectivity index (χ4v) is 2.68. The summed E-state index contributed by atoms with van der Waals surface area (Å²) in [6.45, 7) is 2.18. The Morgan fingerprint density at radius 1 is 1.28 bits per heavy atom. The average molecular weight is 256 g/mol. The number of barbiturate groups is 1. The molecule has 0 aromatic rings. The van der Waals surface area contributed by atoms with E-state index in [1.165, 1.54) is 0 Å². The molecule has 100 valence electrons. The molecule has 0 aromatic heterocycles. The molecular weight excluding hydrogens is 239 g/mol. The van der Waals surface area contributed by atoms with Crippen molar-refractivity contribution >= 4 is 17.8 Å². The van der Waals surface area contributed by atoms with Crippen LogP contribution in [0.3, 0.4) is 0 Å². The number of urea groups is 1. The van der Waals surface area contributed by atoms with Gasteiger partial charge in [-0.1, -0.05) is 26.2 Å². The molecule has 2 aliphatic rings. The van der Waals surface area contributed by atoms with Crippen LogP contribution in [-0.4, -0.2) is 35.5 Å². The molecule has 1 atom stereocenters. The van der Waals surface area contributed by atoms with Crippen LogP contribution in [0, 0.1) is 5.41 Å². The Morgan fingerprint density at radius 2 is 1.89 bits per heavy atom. The summed E-state index contributed by atoms with van der Waals surface area (Å²) in [4.78, 5) is 35.0. The zero-order valence-corrected chi connectivity index (χ0v) is 10.4. The van der Waals surface area contributed by atoms with E-state index in [9.17, 15) is 18.8 Å². The number of hydrogen-bond acceptors (Lipinski definition) is 3. The number of alkyl halides is 1. The van der Waals surface area contributed by atoms with Gasteiger partial charge in [0.15, 0.2) is 0 Å². The molecule has 6 heteroatoms. The average Bonchev–Trinajstić information content (AvgIpc) is 2.33. The van der Waals surface area contributed by atoms with E-state index in [-0.39, 0.29) is 12.0 Å². The van der Waals surface area contributed by atoms with Crippen molar-refractivity contribution in [2.75, 3.05) is 6.54 Å². The van der Waals surface area contributed by atoms with E-state index >= 15 is 0 Å². The number of hydrogen-bond donors (Lipinski definition) is 1.